The molecule has 0 bridgehead atoms. The number of carbonyl (C=O) groups is 1. The van der Waals surface area contributed by atoms with Crippen LogP contribution in [0.1, 0.15) is 10.6 Å². The van der Waals surface area contributed by atoms with Gasteiger partial charge in [-0.2, -0.15) is 5.10 Å². The van der Waals surface area contributed by atoms with Crippen LogP contribution in [0.5, 0.6) is 0 Å². The molecule has 0 saturated carbocycles. The predicted octanol–water partition coefficient (Wildman–Crippen LogP) is 3.15. The van der Waals surface area contributed by atoms with E-state index in [1.54, 1.807) is 18.3 Å². The van der Waals surface area contributed by atoms with Crippen LogP contribution >= 0.6 is 0 Å². The van der Waals surface area contributed by atoms with Crippen molar-refractivity contribution in [3.05, 3.63) is 54.4 Å². The number of benzene rings is 1. The summed E-state index contributed by atoms with van der Waals surface area (Å²) in [6, 6.07) is 13.2. The molecule has 4 heteroatoms. The highest BCUT2D eigenvalue weighted by molar-refractivity contribution is 5.74. The third-order valence-electron chi connectivity index (χ3n) is 2.70. The Morgan fingerprint density at radius 2 is 2.00 bits per heavy atom. The van der Waals surface area contributed by atoms with E-state index in [2.05, 4.69) is 10.2 Å². The van der Waals surface area contributed by atoms with Crippen molar-refractivity contribution in [1.29, 1.82) is 0 Å². The molecule has 3 rings (SSSR count). The Balaban J connectivity index is 2.03. The lowest BCUT2D eigenvalue weighted by atomic mass is 10.1. The molecule has 2 heterocycles. The fraction of sp³-hybridized carbons (Fsp3) is 0. The maximum Gasteiger partial charge on any atom is 0.185 e. The summed E-state index contributed by atoms with van der Waals surface area (Å²) in [4.78, 5) is 10.6. The van der Waals surface area contributed by atoms with E-state index in [-0.39, 0.29) is 0 Å². The van der Waals surface area contributed by atoms with Gasteiger partial charge in [0.25, 0.3) is 0 Å². The molecule has 2 aromatic heterocycles. The topological polar surface area (TPSA) is 58.9 Å². The number of hydrogen-bond acceptors (Lipinski definition) is 3. The lowest BCUT2D eigenvalue weighted by molar-refractivity contribution is 0.110. The summed E-state index contributed by atoms with van der Waals surface area (Å²) < 4.78 is 5.40. The molecule has 0 amide bonds. The summed E-state index contributed by atoms with van der Waals surface area (Å²) in [7, 11) is 0. The number of rotatable bonds is 3. The van der Waals surface area contributed by atoms with Gasteiger partial charge in [0.1, 0.15) is 5.76 Å². The summed E-state index contributed by atoms with van der Waals surface area (Å²) in [5.74, 6) is 1.01. The lowest BCUT2D eigenvalue weighted by Crippen LogP contribution is -1.80. The van der Waals surface area contributed by atoms with Crippen molar-refractivity contribution < 1.29 is 9.21 Å². The summed E-state index contributed by atoms with van der Waals surface area (Å²) in [5.41, 5.74) is 2.89. The zero-order valence-electron chi connectivity index (χ0n) is 9.46. The highest BCUT2D eigenvalue weighted by Crippen LogP contribution is 2.26. The fourth-order valence-electron chi connectivity index (χ4n) is 1.83. The molecule has 0 saturated heterocycles. The average molecular weight is 238 g/mol. The van der Waals surface area contributed by atoms with Gasteiger partial charge in [-0.3, -0.25) is 9.89 Å². The first-order valence-electron chi connectivity index (χ1n) is 5.52. The van der Waals surface area contributed by atoms with Gasteiger partial charge in [0.2, 0.25) is 0 Å². The molecule has 3 aromatic rings. The summed E-state index contributed by atoms with van der Waals surface area (Å²) in [6.45, 7) is 0. The van der Waals surface area contributed by atoms with Gasteiger partial charge in [0.15, 0.2) is 12.0 Å². The molecular formula is C14H10N2O2. The van der Waals surface area contributed by atoms with Gasteiger partial charge in [-0.25, -0.2) is 0 Å². The molecule has 0 aliphatic carbocycles. The summed E-state index contributed by atoms with van der Waals surface area (Å²) in [6.07, 6.45) is 2.40. The van der Waals surface area contributed by atoms with Crippen LogP contribution in [0.15, 0.2) is 53.1 Å². The van der Waals surface area contributed by atoms with E-state index in [1.807, 2.05) is 30.3 Å². The van der Waals surface area contributed by atoms with Crippen molar-refractivity contribution in [3.63, 3.8) is 0 Å². The van der Waals surface area contributed by atoms with Crippen LogP contribution in [0.3, 0.4) is 0 Å². The maximum absolute atomic E-state index is 10.6. The van der Waals surface area contributed by atoms with Crippen LogP contribution in [-0.4, -0.2) is 16.5 Å². The standard InChI is InChI=1S/C14H10N2O2/c17-9-12-4-5-14(18-12)11-3-1-2-10(8-11)13-6-7-15-16-13/h1-9H,(H,15,16). The summed E-state index contributed by atoms with van der Waals surface area (Å²) >= 11 is 0. The van der Waals surface area contributed by atoms with E-state index in [9.17, 15) is 4.79 Å². The largest absolute Gasteiger partial charge is 0.453 e. The quantitative estimate of drug-likeness (QED) is 0.713. The van der Waals surface area contributed by atoms with Gasteiger partial charge in [0, 0.05) is 17.3 Å². The van der Waals surface area contributed by atoms with E-state index >= 15 is 0 Å². The number of carbonyl (C=O) groups excluding carboxylic acids is 1. The highest BCUT2D eigenvalue weighted by Gasteiger charge is 2.06. The van der Waals surface area contributed by atoms with Crippen molar-refractivity contribution in [2.75, 3.05) is 0 Å². The van der Waals surface area contributed by atoms with Crippen LogP contribution in [0, 0.1) is 0 Å². The first kappa shape index (κ1) is 10.5. The van der Waals surface area contributed by atoms with Gasteiger partial charge in [-0.1, -0.05) is 18.2 Å². The van der Waals surface area contributed by atoms with Crippen molar-refractivity contribution >= 4 is 6.29 Å². The number of H-pyrrole nitrogens is 1. The van der Waals surface area contributed by atoms with E-state index < -0.39 is 0 Å². The average Bonchev–Trinajstić information content (AvgIpc) is 3.10. The number of aromatic nitrogens is 2. The monoisotopic (exact) mass is 238 g/mol. The number of aldehydes is 1. The molecule has 0 aliphatic heterocycles. The van der Waals surface area contributed by atoms with Crippen molar-refractivity contribution in [2.45, 2.75) is 0 Å². The first-order chi connectivity index (χ1) is 8.86. The Bertz CT molecular complexity index is 669. The molecule has 0 unspecified atom stereocenters. The Morgan fingerprint density at radius 3 is 2.72 bits per heavy atom. The molecule has 4 nitrogen and oxygen atoms in total. The van der Waals surface area contributed by atoms with Gasteiger partial charge in [-0.05, 0) is 24.3 Å². The highest BCUT2D eigenvalue weighted by atomic mass is 16.3. The fourth-order valence-corrected chi connectivity index (χ4v) is 1.83. The second-order valence-corrected chi connectivity index (χ2v) is 3.87. The van der Waals surface area contributed by atoms with Gasteiger partial charge >= 0.3 is 0 Å². The minimum absolute atomic E-state index is 0.331. The second kappa shape index (κ2) is 4.33. The molecule has 1 N–H and O–H groups in total. The van der Waals surface area contributed by atoms with E-state index in [0.717, 1.165) is 16.8 Å². The predicted molar refractivity (Wildman–Crippen MR) is 67.1 cm³/mol. The Hall–Kier alpha value is -2.62. The third-order valence-corrected chi connectivity index (χ3v) is 2.70. The zero-order valence-corrected chi connectivity index (χ0v) is 9.46. The number of nitrogens with one attached hydrogen (secondary N) is 1. The van der Waals surface area contributed by atoms with Crippen LogP contribution in [0.25, 0.3) is 22.6 Å². The van der Waals surface area contributed by atoms with Crippen LogP contribution in [0.4, 0.5) is 0 Å². The Labute approximate surface area is 103 Å². The SMILES string of the molecule is O=Cc1ccc(-c2cccc(-c3ccn[nH]3)c2)o1. The molecule has 1 aromatic carbocycles. The molecule has 0 atom stereocenters. The van der Waals surface area contributed by atoms with E-state index in [4.69, 9.17) is 4.42 Å². The van der Waals surface area contributed by atoms with Gasteiger partial charge < -0.3 is 4.42 Å². The number of aromatic amines is 1. The number of furan rings is 1. The van der Waals surface area contributed by atoms with Crippen molar-refractivity contribution in [1.82, 2.24) is 10.2 Å². The van der Waals surface area contributed by atoms with Crippen molar-refractivity contribution in [3.8, 4) is 22.6 Å². The molecule has 0 aliphatic rings. The Morgan fingerprint density at radius 1 is 1.11 bits per heavy atom. The molecule has 0 radical (unpaired) electrons. The molecular weight excluding hydrogens is 228 g/mol. The Kier molecular flexibility index (Phi) is 2.53. The maximum atomic E-state index is 10.6. The first-order valence-corrected chi connectivity index (χ1v) is 5.52. The number of hydrogen-bond donors (Lipinski definition) is 1. The third kappa shape index (κ3) is 1.84. The van der Waals surface area contributed by atoms with Crippen molar-refractivity contribution in [2.24, 2.45) is 0 Å². The number of nitrogens with zero attached hydrogens (tertiary/aromatic N) is 1. The van der Waals surface area contributed by atoms with Crippen LogP contribution in [0.2, 0.25) is 0 Å². The van der Waals surface area contributed by atoms with Crippen LogP contribution < -0.4 is 0 Å². The lowest BCUT2D eigenvalue weighted by Gasteiger charge is -2.01. The normalized spacial score (nSPS) is 10.4. The zero-order chi connectivity index (χ0) is 12.4. The smallest absolute Gasteiger partial charge is 0.185 e. The summed E-state index contributed by atoms with van der Waals surface area (Å²) in [5, 5.41) is 6.84. The second-order valence-electron chi connectivity index (χ2n) is 3.87. The van der Waals surface area contributed by atoms with E-state index in [0.29, 0.717) is 17.8 Å². The molecule has 0 spiro atoms. The van der Waals surface area contributed by atoms with Gasteiger partial charge in [0.05, 0.1) is 5.69 Å². The minimum atomic E-state index is 0.331. The van der Waals surface area contributed by atoms with Gasteiger partial charge in [-0.15, -0.1) is 0 Å². The molecule has 18 heavy (non-hydrogen) atoms. The minimum Gasteiger partial charge on any atom is -0.453 e. The van der Waals surface area contributed by atoms with Crippen LogP contribution in [-0.2, 0) is 0 Å². The van der Waals surface area contributed by atoms with E-state index in [1.165, 1.54) is 0 Å². The molecule has 0 fully saturated rings. The molecule has 88 valence electrons.